The van der Waals surface area contributed by atoms with Gasteiger partial charge in [-0.3, -0.25) is 5.10 Å². The van der Waals surface area contributed by atoms with Crippen LogP contribution in [0.2, 0.25) is 0 Å². The van der Waals surface area contributed by atoms with Crippen LogP contribution in [0.4, 0.5) is 26.3 Å². The summed E-state index contributed by atoms with van der Waals surface area (Å²) in [5.74, 6) is -4.66. The maximum Gasteiger partial charge on any atom is 0.416 e. The Morgan fingerprint density at radius 2 is 1.71 bits per heavy atom. The average molecular weight is 459 g/mol. The Kier molecular flexibility index (Phi) is 3.95. The number of hydrogen-bond acceptors (Lipinski definition) is 3. The largest absolute Gasteiger partial charge is 0.416 e. The molecule has 0 saturated heterocycles. The molecule has 3 heterocycles. The molecule has 0 aliphatic carbocycles. The molecule has 2 aliphatic rings. The molecule has 2 bridgehead atoms. The molecule has 1 N–H and O–H groups in total. The normalized spacial score (nSPS) is 22.3. The summed E-state index contributed by atoms with van der Waals surface area (Å²) in [5, 5.41) is 5.74. The fourth-order valence-electron chi connectivity index (χ4n) is 4.26. The molecule has 2 unspecified atom stereocenters. The van der Waals surface area contributed by atoms with Gasteiger partial charge in [0.1, 0.15) is 17.6 Å². The molecule has 0 fully saturated rings. The van der Waals surface area contributed by atoms with E-state index in [1.807, 2.05) is 0 Å². The number of nitrogens with one attached hydrogen (secondary N) is 1. The quantitative estimate of drug-likeness (QED) is 0.574. The zero-order valence-electron chi connectivity index (χ0n) is 15.2. The van der Waals surface area contributed by atoms with Crippen molar-refractivity contribution in [1.82, 2.24) is 14.5 Å². The van der Waals surface area contributed by atoms with Gasteiger partial charge >= 0.3 is 12.1 Å². The Labute approximate surface area is 171 Å². The molecule has 0 radical (unpaired) electrons. The van der Waals surface area contributed by atoms with Crippen LogP contribution in [0.1, 0.15) is 40.0 Å². The number of rotatable bonds is 2. The van der Waals surface area contributed by atoms with E-state index in [4.69, 9.17) is 0 Å². The summed E-state index contributed by atoms with van der Waals surface area (Å²) in [5.41, 5.74) is -2.39. The van der Waals surface area contributed by atoms with E-state index in [0.29, 0.717) is 28.6 Å². The highest BCUT2D eigenvalue weighted by molar-refractivity contribution is 7.89. The van der Waals surface area contributed by atoms with Crippen molar-refractivity contribution in [1.29, 1.82) is 0 Å². The monoisotopic (exact) mass is 459 g/mol. The fourth-order valence-corrected chi connectivity index (χ4v) is 6.01. The van der Waals surface area contributed by atoms with Gasteiger partial charge in [-0.25, -0.2) is 12.8 Å². The zero-order chi connectivity index (χ0) is 22.3. The summed E-state index contributed by atoms with van der Waals surface area (Å²) >= 11 is 0. The molecular weight excluding hydrogens is 448 g/mol. The smallest absolute Gasteiger partial charge is 0.276 e. The molecule has 0 spiro atoms. The van der Waals surface area contributed by atoms with E-state index in [0.717, 1.165) is 12.3 Å². The Bertz CT molecular complexity index is 1300. The minimum atomic E-state index is -4.76. The van der Waals surface area contributed by atoms with Crippen LogP contribution in [0.3, 0.4) is 0 Å². The molecule has 3 aromatic rings. The van der Waals surface area contributed by atoms with Crippen molar-refractivity contribution in [2.45, 2.75) is 29.1 Å². The number of hydrogen-bond donors (Lipinski definition) is 1. The van der Waals surface area contributed by atoms with E-state index in [9.17, 15) is 26.0 Å². The highest BCUT2D eigenvalue weighted by atomic mass is 32.2. The topological polar surface area (TPSA) is 66.1 Å². The van der Waals surface area contributed by atoms with Crippen molar-refractivity contribution in [3.63, 3.8) is 0 Å². The number of fused-ring (bicyclic) bond motifs is 7. The van der Waals surface area contributed by atoms with Gasteiger partial charge in [-0.15, -0.1) is 0 Å². The predicted molar refractivity (Wildman–Crippen MR) is 93.9 cm³/mol. The van der Waals surface area contributed by atoms with Crippen LogP contribution in [0.15, 0.2) is 53.6 Å². The lowest BCUT2D eigenvalue weighted by molar-refractivity contribution is -0.137. The number of alkyl halides is 5. The van der Waals surface area contributed by atoms with E-state index in [1.54, 1.807) is 0 Å². The molecule has 0 saturated carbocycles. The van der Waals surface area contributed by atoms with Crippen LogP contribution in [-0.4, -0.2) is 22.9 Å². The highest BCUT2D eigenvalue weighted by Gasteiger charge is 2.64. The number of nitrogens with zero attached hydrogens (tertiary/aromatic N) is 2. The van der Waals surface area contributed by atoms with Crippen LogP contribution in [0.5, 0.6) is 0 Å². The summed E-state index contributed by atoms with van der Waals surface area (Å²) in [4.78, 5) is -0.619. The number of H-pyrrole nitrogens is 1. The average Bonchev–Trinajstić information content (AvgIpc) is 3.30. The summed E-state index contributed by atoms with van der Waals surface area (Å²) in [6.07, 6.45) is -3.70. The summed E-state index contributed by atoms with van der Waals surface area (Å²) in [6.45, 7) is 0. The number of halogens is 6. The van der Waals surface area contributed by atoms with Gasteiger partial charge in [-0.1, -0.05) is 12.1 Å². The molecular formula is C19H11F6N3O2S. The zero-order valence-corrected chi connectivity index (χ0v) is 16.0. The van der Waals surface area contributed by atoms with Crippen LogP contribution in [0.25, 0.3) is 0 Å². The van der Waals surface area contributed by atoms with Crippen LogP contribution in [0, 0.1) is 5.82 Å². The number of aromatic nitrogens is 2. The standard InChI is InChI=1S/C19H11F6N3O2S/c20-13-3-1-2-11-14(13)15-12-8-26-27-16(12)18(21,22)17(11)28(15)31(29,30)10-6-4-9(5-7-10)19(23,24)25/h1-8,15,17H,(H,26,27). The second-order valence-electron chi connectivity index (χ2n) is 7.23. The van der Waals surface area contributed by atoms with Gasteiger partial charge in [0.2, 0.25) is 10.0 Å². The second-order valence-corrected chi connectivity index (χ2v) is 9.07. The maximum absolute atomic E-state index is 15.4. The van der Waals surface area contributed by atoms with Crippen molar-refractivity contribution in [3.05, 3.63) is 82.4 Å². The molecule has 2 aromatic carbocycles. The lowest BCUT2D eigenvalue weighted by Crippen LogP contribution is -2.45. The van der Waals surface area contributed by atoms with E-state index in [-0.39, 0.29) is 16.7 Å². The number of sulfonamides is 1. The molecule has 0 amide bonds. The molecule has 5 nitrogen and oxygen atoms in total. The second kappa shape index (κ2) is 6.10. The minimum Gasteiger partial charge on any atom is -0.276 e. The van der Waals surface area contributed by atoms with Gasteiger partial charge in [0.25, 0.3) is 0 Å². The first-order chi connectivity index (χ1) is 14.5. The minimum absolute atomic E-state index is 0.213. The van der Waals surface area contributed by atoms with Gasteiger partial charge in [0.05, 0.1) is 22.7 Å². The number of benzene rings is 2. The fraction of sp³-hybridized carbons (Fsp3) is 0.211. The van der Waals surface area contributed by atoms with Gasteiger partial charge in [-0.2, -0.15) is 31.4 Å². The summed E-state index contributed by atoms with van der Waals surface area (Å²) in [7, 11) is -4.76. The highest BCUT2D eigenvalue weighted by Crippen LogP contribution is 2.62. The van der Waals surface area contributed by atoms with Crippen molar-refractivity contribution < 1.29 is 34.8 Å². The van der Waals surface area contributed by atoms with Gasteiger partial charge in [0, 0.05) is 11.1 Å². The van der Waals surface area contributed by atoms with Crippen molar-refractivity contribution in [3.8, 4) is 0 Å². The maximum atomic E-state index is 15.4. The number of aromatic amines is 1. The van der Waals surface area contributed by atoms with Crippen molar-refractivity contribution >= 4 is 10.0 Å². The van der Waals surface area contributed by atoms with Crippen molar-refractivity contribution in [2.75, 3.05) is 0 Å². The molecule has 2 aliphatic heterocycles. The van der Waals surface area contributed by atoms with Gasteiger partial charge < -0.3 is 0 Å². The van der Waals surface area contributed by atoms with Gasteiger partial charge in [0.15, 0.2) is 0 Å². The van der Waals surface area contributed by atoms with E-state index < -0.39 is 56.2 Å². The first-order valence-corrected chi connectivity index (χ1v) is 10.3. The Morgan fingerprint density at radius 3 is 2.35 bits per heavy atom. The first-order valence-electron chi connectivity index (χ1n) is 8.86. The Hall–Kier alpha value is -2.86. The third kappa shape index (κ3) is 2.61. The molecule has 162 valence electrons. The molecule has 12 heteroatoms. The molecule has 1 aromatic heterocycles. The van der Waals surface area contributed by atoms with Crippen LogP contribution < -0.4 is 0 Å². The van der Waals surface area contributed by atoms with Gasteiger partial charge in [-0.05, 0) is 35.9 Å². The predicted octanol–water partition coefficient (Wildman–Crippen LogP) is 4.51. The lowest BCUT2D eigenvalue weighted by atomic mass is 9.97. The Morgan fingerprint density at radius 1 is 1.03 bits per heavy atom. The third-order valence-corrected chi connectivity index (χ3v) is 7.41. The van der Waals surface area contributed by atoms with Crippen LogP contribution in [-0.2, 0) is 22.1 Å². The van der Waals surface area contributed by atoms with Crippen LogP contribution >= 0.6 is 0 Å². The lowest BCUT2D eigenvalue weighted by Gasteiger charge is -2.38. The molecule has 5 rings (SSSR count). The van der Waals surface area contributed by atoms with E-state index >= 15 is 8.78 Å². The molecule has 31 heavy (non-hydrogen) atoms. The Balaban J connectivity index is 1.73. The summed E-state index contributed by atoms with van der Waals surface area (Å²) in [6, 6.07) is 2.39. The van der Waals surface area contributed by atoms with Crippen molar-refractivity contribution in [2.24, 2.45) is 0 Å². The molecule has 2 atom stereocenters. The van der Waals surface area contributed by atoms with E-state index in [2.05, 4.69) is 10.2 Å². The SMILES string of the molecule is O=S(=O)(c1ccc(C(F)(F)F)cc1)N1C2c3cn[nH]c3C(F)(F)C1c1cccc(F)c12. The first kappa shape index (κ1) is 20.1. The van der Waals surface area contributed by atoms with E-state index in [1.165, 1.54) is 12.1 Å². The third-order valence-electron chi connectivity index (χ3n) is 5.56. The summed E-state index contributed by atoms with van der Waals surface area (Å²) < 4.78 is 111.